The molecule has 12 rings (SSSR count). The average Bonchev–Trinajstić information content (AvgIpc) is 1.77. The van der Waals surface area contributed by atoms with Gasteiger partial charge in [0.1, 0.15) is 28.9 Å². The Hall–Kier alpha value is -7.34. The molecule has 23 heteroatoms. The van der Waals surface area contributed by atoms with E-state index in [1.54, 1.807) is 47.1 Å². The summed E-state index contributed by atoms with van der Waals surface area (Å²) >= 11 is 8.05. The van der Waals surface area contributed by atoms with Crippen molar-refractivity contribution in [2.75, 3.05) is 88.0 Å². The van der Waals surface area contributed by atoms with Crippen LogP contribution in [-0.2, 0) is 26.2 Å². The molecule has 3 saturated heterocycles. The highest BCUT2D eigenvalue weighted by molar-refractivity contribution is 7.99. The Morgan fingerprint density at radius 3 is 2.42 bits per heavy atom. The molecule has 1 saturated carbocycles. The van der Waals surface area contributed by atoms with Crippen molar-refractivity contribution in [1.29, 1.82) is 0 Å². The number of aromatic amines is 1. The summed E-state index contributed by atoms with van der Waals surface area (Å²) in [7, 11) is -4.61. The van der Waals surface area contributed by atoms with Gasteiger partial charge in [-0.2, -0.15) is 0 Å². The van der Waals surface area contributed by atoms with Crippen LogP contribution in [0.5, 0.6) is 11.5 Å². The number of hydrogen-bond donors (Lipinski definition) is 4. The lowest BCUT2D eigenvalue weighted by Crippen LogP contribution is -2.52. The minimum atomic E-state index is -4.61. The van der Waals surface area contributed by atoms with E-state index in [0.29, 0.717) is 55.6 Å². The number of allylic oxidation sites excluding steroid dienone is 1. The number of unbranched alkanes of at least 4 members (excludes halogenated alkanes) is 2. The highest BCUT2D eigenvalue weighted by atomic mass is 35.5. The predicted molar refractivity (Wildman–Crippen MR) is 354 cm³/mol. The van der Waals surface area contributed by atoms with Crippen LogP contribution in [-0.4, -0.2) is 156 Å². The van der Waals surface area contributed by atoms with Crippen molar-refractivity contribution >= 4 is 90.7 Å². The lowest BCUT2D eigenvalue weighted by atomic mass is 9.72. The van der Waals surface area contributed by atoms with Crippen molar-refractivity contribution in [3.8, 4) is 11.5 Å². The van der Waals surface area contributed by atoms with E-state index in [0.717, 1.165) is 155 Å². The first-order valence-corrected chi connectivity index (χ1v) is 34.9. The van der Waals surface area contributed by atoms with E-state index in [-0.39, 0.29) is 46.6 Å². The van der Waals surface area contributed by atoms with Gasteiger partial charge in [0, 0.05) is 129 Å². The summed E-state index contributed by atoms with van der Waals surface area (Å²) < 4.78 is 36.6. The summed E-state index contributed by atoms with van der Waals surface area (Å²) in [5, 5.41) is 19.7. The second-order valence-electron chi connectivity index (χ2n) is 26.0. The number of nitrogens with one attached hydrogen (secondary N) is 4. The number of amides is 4. The van der Waals surface area contributed by atoms with Crippen LogP contribution < -0.4 is 25.0 Å². The minimum absolute atomic E-state index is 0.0417. The summed E-state index contributed by atoms with van der Waals surface area (Å²) in [6.07, 6.45) is 14.3. The third-order valence-electron chi connectivity index (χ3n) is 19.3. The fourth-order valence-corrected chi connectivity index (χ4v) is 16.2. The van der Waals surface area contributed by atoms with Crippen molar-refractivity contribution in [1.82, 2.24) is 39.6 Å². The predicted octanol–water partition coefficient (Wildman–Crippen LogP) is 11.1. The number of fused-ring (bicyclic) bond motifs is 2. The molecule has 2 aromatic heterocycles. The van der Waals surface area contributed by atoms with Crippen LogP contribution in [0.15, 0.2) is 119 Å². The normalized spacial score (nSPS) is 21.0. The maximum Gasteiger partial charge on any atom is 0.293 e. The van der Waals surface area contributed by atoms with E-state index in [2.05, 4.69) is 77.0 Å². The van der Waals surface area contributed by atoms with Gasteiger partial charge < -0.3 is 29.7 Å². The van der Waals surface area contributed by atoms with E-state index in [4.69, 9.17) is 16.3 Å². The van der Waals surface area contributed by atoms with Crippen molar-refractivity contribution < 1.29 is 37.3 Å². The molecule has 4 N–H and O–H groups in total. The number of ether oxygens (including phenoxy) is 1. The number of sulfonamides is 1. The number of nitrogens with zero attached hydrogens (tertiary/aromatic N) is 7. The second-order valence-corrected chi connectivity index (χ2v) is 29.2. The highest BCUT2D eigenvalue weighted by Crippen LogP contribution is 2.44. The number of halogens is 1. The van der Waals surface area contributed by atoms with E-state index >= 15 is 0 Å². The summed E-state index contributed by atoms with van der Waals surface area (Å²) in [6.45, 7) is 14.6. The zero-order chi connectivity index (χ0) is 63.4. The number of carbonyl (C=O) groups excluding carboxylic acids is 4. The lowest BCUT2D eigenvalue weighted by Gasteiger charge is -2.42. The molecule has 480 valence electrons. The molecule has 20 nitrogen and oxygen atoms in total. The Kier molecular flexibility index (Phi) is 19.5. The smallest absolute Gasteiger partial charge is 0.293 e. The Labute approximate surface area is 541 Å². The molecule has 0 radical (unpaired) electrons. The number of rotatable bonds is 22. The van der Waals surface area contributed by atoms with Gasteiger partial charge in [0.15, 0.2) is 0 Å². The molecule has 91 heavy (non-hydrogen) atoms. The fourth-order valence-electron chi connectivity index (χ4n) is 14.0. The Balaban J connectivity index is 0.603. The Morgan fingerprint density at radius 1 is 0.868 bits per heavy atom. The number of thioether (sulfide) groups is 1. The van der Waals surface area contributed by atoms with Crippen molar-refractivity contribution in [2.24, 2.45) is 11.3 Å². The topological polar surface area (TPSA) is 236 Å². The van der Waals surface area contributed by atoms with Crippen LogP contribution in [0.4, 0.5) is 17.1 Å². The third-order valence-corrected chi connectivity index (χ3v) is 22.0. The molecule has 1 unspecified atom stereocenters. The number of nitro groups is 1. The van der Waals surface area contributed by atoms with Crippen molar-refractivity contribution in [3.63, 3.8) is 0 Å². The summed E-state index contributed by atoms with van der Waals surface area (Å²) in [4.78, 5) is 83.4. The molecule has 2 aliphatic carbocycles. The van der Waals surface area contributed by atoms with Gasteiger partial charge in [0.25, 0.3) is 27.5 Å². The van der Waals surface area contributed by atoms with Crippen molar-refractivity contribution in [2.45, 2.75) is 119 Å². The maximum absolute atomic E-state index is 14.2. The molecule has 1 atom stereocenters. The first kappa shape index (κ1) is 63.8. The zero-order valence-corrected chi connectivity index (χ0v) is 54.1. The summed E-state index contributed by atoms with van der Waals surface area (Å²) in [5.41, 5.74) is 7.15. The molecule has 6 aromatic rings. The molecular formula is C68H80ClN11O9S2. The number of anilines is 2. The second kappa shape index (κ2) is 27.9. The van der Waals surface area contributed by atoms with Gasteiger partial charge in [0.05, 0.1) is 21.6 Å². The first-order chi connectivity index (χ1) is 43.9. The molecule has 6 aliphatic rings. The third kappa shape index (κ3) is 15.1. The van der Waals surface area contributed by atoms with Crippen LogP contribution in [0.2, 0.25) is 5.02 Å². The standard InChI is InChI=1S/C68H80ClN11O9S2/c1-68(2)25-23-48(56(40-68)46-11-13-49(69)14-12-46)43-76-30-34-78(35-31-76)51-17-19-55(61(38-51)89-52-37-47-24-26-70-64(47)72-42-52)65(82)74-91(87,88)53-18-20-58(60(39-53)80(85)86)71-41-45-9-15-50(16-10-45)77-32-28-75(29-33-77)27-4-3-5-36-90-62-8-6-7-54-57(62)44-79(67(54)84)59-21-22-63(81)73-66(59)83/h6-8,11-14,17-20,24,26,37-39,42,45,50,59,71H,3-5,9-10,15-16,21-23,25,27-36,40-41,43-44H2,1-2H3,(H,70,72)(H,74,82)(H,73,81,83). The van der Waals surface area contributed by atoms with Crippen LogP contribution in [0.25, 0.3) is 16.6 Å². The number of benzene rings is 4. The number of piperazine rings is 2. The minimum Gasteiger partial charge on any atom is -0.455 e. The summed E-state index contributed by atoms with van der Waals surface area (Å²) in [5.74, 6) is -0.0882. The number of H-pyrrole nitrogens is 1. The van der Waals surface area contributed by atoms with Gasteiger partial charge in [-0.25, -0.2) is 18.1 Å². The lowest BCUT2D eigenvalue weighted by molar-refractivity contribution is -0.384. The van der Waals surface area contributed by atoms with Crippen LogP contribution in [0.1, 0.15) is 123 Å². The quantitative estimate of drug-likeness (QED) is 0.0163. The Morgan fingerprint density at radius 2 is 1.65 bits per heavy atom. The van der Waals surface area contributed by atoms with E-state index in [1.165, 1.54) is 35.0 Å². The number of pyridine rings is 1. The Bertz CT molecular complexity index is 3860. The highest BCUT2D eigenvalue weighted by Gasteiger charge is 2.40. The number of imide groups is 1. The largest absolute Gasteiger partial charge is 0.455 e. The fraction of sp³-hybridized carbons (Fsp3) is 0.456. The number of piperidine rings is 1. The molecule has 0 bridgehead atoms. The van der Waals surface area contributed by atoms with Gasteiger partial charge in [-0.3, -0.25) is 44.4 Å². The van der Waals surface area contributed by atoms with Gasteiger partial charge in [-0.05, 0) is 165 Å². The number of aromatic nitrogens is 2. The average molecular weight is 1300 g/mol. The first-order valence-electron chi connectivity index (χ1n) is 32.0. The number of hydrogen-bond acceptors (Lipinski definition) is 16. The molecular weight excluding hydrogens is 1210 g/mol. The van der Waals surface area contributed by atoms with Crippen LogP contribution in [0, 0.1) is 21.4 Å². The SMILES string of the molecule is CC1(C)CCC(CN2CCN(c3ccc(C(=O)NS(=O)(=O)c4ccc(NCC5CCC(N6CCN(CCCCCSc7cccc8c7CN(C7CCC(=O)NC7=O)C8=O)CC6)CC5)c([N+](=O)[O-])c4)c(Oc4cnc5[nH]ccc5c4)c3)CC2)=C(c2ccc(Cl)cc2)C1. The van der Waals surface area contributed by atoms with E-state index in [1.807, 2.05) is 30.3 Å². The molecule has 4 aromatic carbocycles. The van der Waals surface area contributed by atoms with Crippen LogP contribution >= 0.6 is 23.4 Å². The van der Waals surface area contributed by atoms with Crippen LogP contribution in [0.3, 0.4) is 0 Å². The summed E-state index contributed by atoms with van der Waals surface area (Å²) in [6, 6.07) is 26.3. The number of nitro benzene ring substituents is 1. The molecule has 4 amide bonds. The number of carbonyl (C=O) groups is 4. The molecule has 0 spiro atoms. The van der Waals surface area contributed by atoms with Gasteiger partial charge in [-0.15, -0.1) is 11.8 Å². The van der Waals surface area contributed by atoms with E-state index in [9.17, 15) is 37.7 Å². The van der Waals surface area contributed by atoms with Gasteiger partial charge in [-0.1, -0.05) is 55.6 Å². The van der Waals surface area contributed by atoms with Gasteiger partial charge in [0.2, 0.25) is 11.8 Å². The van der Waals surface area contributed by atoms with Gasteiger partial charge >= 0.3 is 0 Å². The molecule has 6 heterocycles. The van der Waals surface area contributed by atoms with E-state index < -0.39 is 43.4 Å². The maximum atomic E-state index is 14.2. The monoisotopic (exact) mass is 1290 g/mol. The zero-order valence-electron chi connectivity index (χ0n) is 51.7. The molecule has 4 aliphatic heterocycles. The van der Waals surface area contributed by atoms with Crippen molar-refractivity contribution in [3.05, 3.63) is 146 Å². The molecule has 4 fully saturated rings.